The molecule has 0 aliphatic carbocycles. The summed E-state index contributed by atoms with van der Waals surface area (Å²) in [5, 5.41) is 0. The summed E-state index contributed by atoms with van der Waals surface area (Å²) in [5.74, 6) is -0.304. The third kappa shape index (κ3) is 3.82. The van der Waals surface area contributed by atoms with Gasteiger partial charge in [-0.25, -0.2) is 4.39 Å². The van der Waals surface area contributed by atoms with Crippen molar-refractivity contribution in [1.29, 1.82) is 0 Å². The quantitative estimate of drug-likeness (QED) is 0.488. The normalized spacial score (nSPS) is 12.5. The molecule has 152 valence electrons. The van der Waals surface area contributed by atoms with Gasteiger partial charge in [-0.05, 0) is 65.6 Å². The van der Waals surface area contributed by atoms with E-state index in [1.807, 2.05) is 37.3 Å². The summed E-state index contributed by atoms with van der Waals surface area (Å²) in [5.41, 5.74) is 7.67. The van der Waals surface area contributed by atoms with Crippen molar-refractivity contribution < 1.29 is 4.39 Å². The third-order valence-electron chi connectivity index (χ3n) is 5.51. The molecule has 0 fully saturated rings. The third-order valence-corrected chi connectivity index (χ3v) is 5.51. The Bertz CT molecular complexity index is 1390. The molecule has 3 heterocycles. The Morgan fingerprint density at radius 3 is 2.65 bits per heavy atom. The first-order valence-electron chi connectivity index (χ1n) is 10.1. The Hall–Kier alpha value is -3.86. The number of nitrogens with zero attached hydrogens (tertiary/aromatic N) is 3. The van der Waals surface area contributed by atoms with Crippen molar-refractivity contribution >= 4 is 5.71 Å². The fourth-order valence-electron chi connectivity index (χ4n) is 3.95. The number of hydrogen-bond acceptors (Lipinski definition) is 3. The van der Waals surface area contributed by atoms with Crippen LogP contribution in [0.4, 0.5) is 4.39 Å². The number of pyridine rings is 2. The Morgan fingerprint density at radius 2 is 1.84 bits per heavy atom. The van der Waals surface area contributed by atoms with E-state index in [1.54, 1.807) is 29.1 Å². The molecular formula is C26H20FN3O. The van der Waals surface area contributed by atoms with Gasteiger partial charge in [0.05, 0.1) is 18.8 Å². The lowest BCUT2D eigenvalue weighted by Crippen LogP contribution is -2.19. The van der Waals surface area contributed by atoms with Gasteiger partial charge in [-0.1, -0.05) is 24.3 Å². The summed E-state index contributed by atoms with van der Waals surface area (Å²) < 4.78 is 15.0. The van der Waals surface area contributed by atoms with Gasteiger partial charge in [0, 0.05) is 35.3 Å². The van der Waals surface area contributed by atoms with Gasteiger partial charge >= 0.3 is 0 Å². The molecule has 0 spiro atoms. The Labute approximate surface area is 179 Å². The Kier molecular flexibility index (Phi) is 4.79. The number of fused-ring (bicyclic) bond motifs is 1. The fourth-order valence-corrected chi connectivity index (χ4v) is 3.95. The fraction of sp³-hybridized carbons (Fsp3) is 0.115. The molecule has 2 aromatic heterocycles. The van der Waals surface area contributed by atoms with Crippen LogP contribution in [-0.4, -0.2) is 15.3 Å². The highest BCUT2D eigenvalue weighted by molar-refractivity contribution is 6.15. The summed E-state index contributed by atoms with van der Waals surface area (Å²) >= 11 is 0. The summed E-state index contributed by atoms with van der Waals surface area (Å²) in [6.07, 6.45) is 3.56. The van der Waals surface area contributed by atoms with Gasteiger partial charge < -0.3 is 4.57 Å². The van der Waals surface area contributed by atoms with Gasteiger partial charge in [0.2, 0.25) is 0 Å². The number of hydrogen-bond donors (Lipinski definition) is 0. The number of halogens is 1. The lowest BCUT2D eigenvalue weighted by Gasteiger charge is -2.10. The van der Waals surface area contributed by atoms with Gasteiger partial charge in [0.1, 0.15) is 5.82 Å². The first kappa shape index (κ1) is 19.1. The van der Waals surface area contributed by atoms with E-state index in [0.29, 0.717) is 13.1 Å². The van der Waals surface area contributed by atoms with Gasteiger partial charge in [-0.2, -0.15) is 0 Å². The number of aryl methyl sites for hydroxylation is 1. The number of benzene rings is 2. The van der Waals surface area contributed by atoms with Crippen molar-refractivity contribution in [3.63, 3.8) is 0 Å². The minimum atomic E-state index is -0.304. The predicted molar refractivity (Wildman–Crippen MR) is 120 cm³/mol. The van der Waals surface area contributed by atoms with E-state index >= 15 is 0 Å². The van der Waals surface area contributed by atoms with Gasteiger partial charge in [0.15, 0.2) is 0 Å². The summed E-state index contributed by atoms with van der Waals surface area (Å²) in [7, 11) is 0. The molecule has 1 aliphatic rings. The second-order valence-electron chi connectivity index (χ2n) is 7.73. The maximum atomic E-state index is 13.4. The monoisotopic (exact) mass is 409 g/mol. The van der Waals surface area contributed by atoms with Gasteiger partial charge in [-0.15, -0.1) is 0 Å². The molecule has 0 unspecified atom stereocenters. The van der Waals surface area contributed by atoms with Crippen LogP contribution in [-0.2, 0) is 13.1 Å². The van der Waals surface area contributed by atoms with Crippen LogP contribution in [0.1, 0.15) is 27.9 Å². The van der Waals surface area contributed by atoms with Crippen molar-refractivity contribution in [3.8, 4) is 11.1 Å². The van der Waals surface area contributed by atoms with E-state index in [-0.39, 0.29) is 11.4 Å². The topological polar surface area (TPSA) is 47.2 Å². The van der Waals surface area contributed by atoms with Crippen LogP contribution in [0, 0.1) is 12.7 Å². The number of aromatic nitrogens is 2. The molecule has 2 aromatic carbocycles. The SMILES string of the molecule is Cc1cc(C2=NCc3ccc(-c4ccn(Cc5cccc(F)c5)c(=O)c4)cc32)ccn1. The van der Waals surface area contributed by atoms with E-state index < -0.39 is 0 Å². The van der Waals surface area contributed by atoms with Crippen LogP contribution in [0.3, 0.4) is 0 Å². The van der Waals surface area contributed by atoms with Crippen LogP contribution >= 0.6 is 0 Å². The highest BCUT2D eigenvalue weighted by Crippen LogP contribution is 2.28. The summed E-state index contributed by atoms with van der Waals surface area (Å²) in [6, 6.07) is 20.1. The number of aliphatic imine (C=N–C) groups is 1. The maximum absolute atomic E-state index is 13.4. The second-order valence-corrected chi connectivity index (χ2v) is 7.73. The van der Waals surface area contributed by atoms with E-state index in [1.165, 1.54) is 17.7 Å². The second kappa shape index (κ2) is 7.76. The van der Waals surface area contributed by atoms with Crippen molar-refractivity contribution in [2.45, 2.75) is 20.0 Å². The zero-order chi connectivity index (χ0) is 21.4. The van der Waals surface area contributed by atoms with Crippen molar-refractivity contribution in [1.82, 2.24) is 9.55 Å². The van der Waals surface area contributed by atoms with E-state index in [0.717, 1.165) is 39.2 Å². The zero-order valence-corrected chi connectivity index (χ0v) is 17.0. The largest absolute Gasteiger partial charge is 0.311 e. The predicted octanol–water partition coefficient (Wildman–Crippen LogP) is 4.76. The molecule has 4 aromatic rings. The molecule has 5 heteroatoms. The minimum Gasteiger partial charge on any atom is -0.311 e. The zero-order valence-electron chi connectivity index (χ0n) is 17.0. The smallest absolute Gasteiger partial charge is 0.251 e. The lowest BCUT2D eigenvalue weighted by molar-refractivity contribution is 0.623. The molecule has 1 aliphatic heterocycles. The van der Waals surface area contributed by atoms with Crippen LogP contribution in [0.25, 0.3) is 11.1 Å². The summed E-state index contributed by atoms with van der Waals surface area (Å²) in [6.45, 7) is 2.95. The highest BCUT2D eigenvalue weighted by atomic mass is 19.1. The van der Waals surface area contributed by atoms with Crippen LogP contribution in [0.5, 0.6) is 0 Å². The molecule has 4 nitrogen and oxygen atoms in total. The average Bonchev–Trinajstić information content (AvgIpc) is 3.18. The molecule has 0 radical (unpaired) electrons. The molecule has 0 saturated carbocycles. The first-order valence-corrected chi connectivity index (χ1v) is 10.1. The van der Waals surface area contributed by atoms with E-state index in [9.17, 15) is 9.18 Å². The van der Waals surface area contributed by atoms with Gasteiger partial charge in [0.25, 0.3) is 5.56 Å². The molecule has 0 bridgehead atoms. The molecular weight excluding hydrogens is 389 g/mol. The molecule has 0 saturated heterocycles. The standard InChI is InChI=1S/C26H20FN3O/c1-17-11-21(7-9-28-17)26-24-13-19(5-6-22(24)15-29-26)20-8-10-30(25(31)14-20)16-18-3-2-4-23(27)12-18/h2-14H,15-16H2,1H3. The van der Waals surface area contributed by atoms with Crippen molar-refractivity contribution in [3.05, 3.63) is 123 Å². The van der Waals surface area contributed by atoms with E-state index in [4.69, 9.17) is 4.99 Å². The van der Waals surface area contributed by atoms with E-state index in [2.05, 4.69) is 17.1 Å². The minimum absolute atomic E-state index is 0.124. The van der Waals surface area contributed by atoms with Crippen molar-refractivity contribution in [2.75, 3.05) is 0 Å². The highest BCUT2D eigenvalue weighted by Gasteiger charge is 2.18. The first-order chi connectivity index (χ1) is 15.1. The van der Waals surface area contributed by atoms with Gasteiger partial charge in [-0.3, -0.25) is 14.8 Å². The number of rotatable bonds is 4. The van der Waals surface area contributed by atoms with Crippen LogP contribution < -0.4 is 5.56 Å². The lowest BCUT2D eigenvalue weighted by atomic mass is 9.96. The summed E-state index contributed by atoms with van der Waals surface area (Å²) in [4.78, 5) is 21.7. The average molecular weight is 409 g/mol. The molecule has 31 heavy (non-hydrogen) atoms. The Balaban J connectivity index is 1.47. The molecule has 5 rings (SSSR count). The Morgan fingerprint density at radius 1 is 0.968 bits per heavy atom. The van der Waals surface area contributed by atoms with Crippen molar-refractivity contribution in [2.24, 2.45) is 4.99 Å². The molecule has 0 atom stereocenters. The van der Waals surface area contributed by atoms with Crippen LogP contribution in [0.15, 0.2) is 88.9 Å². The van der Waals surface area contributed by atoms with Crippen LogP contribution in [0.2, 0.25) is 0 Å². The molecule has 0 N–H and O–H groups in total. The molecule has 0 amide bonds. The maximum Gasteiger partial charge on any atom is 0.251 e.